The van der Waals surface area contributed by atoms with Crippen LogP contribution in [0.2, 0.25) is 0 Å². The third-order valence-electron chi connectivity index (χ3n) is 4.69. The standard InChI is InChI=1S/C22H30N4O/c1-4-23-22(26-14-20-17(3)6-5-11-24-20)25-13-19-10-7-16(2)12-21(19)27-15-18-8-9-18/h5-7,10-12,18H,4,8-9,13-15H2,1-3H3,(H2,23,25,26). The van der Waals surface area contributed by atoms with Gasteiger partial charge in [-0.3, -0.25) is 4.98 Å². The Morgan fingerprint density at radius 2 is 2.07 bits per heavy atom. The molecule has 1 fully saturated rings. The van der Waals surface area contributed by atoms with Crippen molar-refractivity contribution in [3.05, 3.63) is 58.9 Å². The molecule has 0 radical (unpaired) electrons. The van der Waals surface area contributed by atoms with Crippen LogP contribution < -0.4 is 15.4 Å². The number of benzene rings is 1. The number of rotatable bonds is 8. The van der Waals surface area contributed by atoms with Crippen molar-refractivity contribution in [3.8, 4) is 5.75 Å². The van der Waals surface area contributed by atoms with Crippen LogP contribution in [0.1, 0.15) is 42.1 Å². The number of nitrogens with one attached hydrogen (secondary N) is 2. The first-order chi connectivity index (χ1) is 13.2. The predicted octanol–water partition coefficient (Wildman–Crippen LogP) is 3.74. The van der Waals surface area contributed by atoms with Gasteiger partial charge >= 0.3 is 0 Å². The van der Waals surface area contributed by atoms with Crippen LogP contribution in [0.15, 0.2) is 41.5 Å². The number of hydrogen-bond acceptors (Lipinski definition) is 3. The van der Waals surface area contributed by atoms with E-state index in [-0.39, 0.29) is 0 Å². The first kappa shape index (κ1) is 19.2. The fourth-order valence-electron chi connectivity index (χ4n) is 2.80. The highest BCUT2D eigenvalue weighted by atomic mass is 16.5. The maximum Gasteiger partial charge on any atom is 0.191 e. The summed E-state index contributed by atoms with van der Waals surface area (Å²) >= 11 is 0. The zero-order valence-electron chi connectivity index (χ0n) is 16.6. The lowest BCUT2D eigenvalue weighted by Gasteiger charge is -2.14. The zero-order chi connectivity index (χ0) is 19.1. The molecular weight excluding hydrogens is 336 g/mol. The second-order valence-electron chi connectivity index (χ2n) is 7.18. The fourth-order valence-corrected chi connectivity index (χ4v) is 2.80. The number of aliphatic imine (C=N–C) groups is 1. The van der Waals surface area contributed by atoms with E-state index in [1.807, 2.05) is 12.3 Å². The summed E-state index contributed by atoms with van der Waals surface area (Å²) in [7, 11) is 0. The van der Waals surface area contributed by atoms with E-state index >= 15 is 0 Å². The molecule has 5 nitrogen and oxygen atoms in total. The van der Waals surface area contributed by atoms with Crippen LogP contribution >= 0.6 is 0 Å². The maximum absolute atomic E-state index is 6.06. The second kappa shape index (κ2) is 9.40. The Kier molecular flexibility index (Phi) is 6.69. The molecule has 0 bridgehead atoms. The van der Waals surface area contributed by atoms with Crippen molar-refractivity contribution in [3.63, 3.8) is 0 Å². The van der Waals surface area contributed by atoms with Gasteiger partial charge in [0.1, 0.15) is 5.75 Å². The number of aryl methyl sites for hydroxylation is 2. The van der Waals surface area contributed by atoms with Crippen LogP contribution in [0.25, 0.3) is 0 Å². The minimum absolute atomic E-state index is 0.580. The molecule has 5 heteroatoms. The van der Waals surface area contributed by atoms with Crippen molar-refractivity contribution < 1.29 is 4.74 Å². The largest absolute Gasteiger partial charge is 0.493 e. The molecule has 1 heterocycles. The summed E-state index contributed by atoms with van der Waals surface area (Å²) in [6, 6.07) is 10.4. The van der Waals surface area contributed by atoms with E-state index in [4.69, 9.17) is 9.73 Å². The molecule has 2 N–H and O–H groups in total. The minimum Gasteiger partial charge on any atom is -0.493 e. The van der Waals surface area contributed by atoms with Crippen LogP contribution in [0.4, 0.5) is 0 Å². The van der Waals surface area contributed by atoms with Gasteiger partial charge in [-0.15, -0.1) is 0 Å². The molecule has 144 valence electrons. The SMILES string of the molecule is CCNC(=NCc1ccc(C)cc1OCC1CC1)NCc1ncccc1C. The first-order valence-corrected chi connectivity index (χ1v) is 9.80. The molecule has 3 rings (SSSR count). The van der Waals surface area contributed by atoms with Gasteiger partial charge in [-0.25, -0.2) is 4.99 Å². The predicted molar refractivity (Wildman–Crippen MR) is 110 cm³/mol. The number of guanidine groups is 1. The van der Waals surface area contributed by atoms with Crippen molar-refractivity contribution >= 4 is 5.96 Å². The average Bonchev–Trinajstić information content (AvgIpc) is 3.49. The Balaban J connectivity index is 1.66. The van der Waals surface area contributed by atoms with E-state index in [0.29, 0.717) is 13.1 Å². The molecule has 0 saturated heterocycles. The third-order valence-corrected chi connectivity index (χ3v) is 4.69. The Hall–Kier alpha value is -2.56. The van der Waals surface area contributed by atoms with Gasteiger partial charge in [0.2, 0.25) is 0 Å². The van der Waals surface area contributed by atoms with Gasteiger partial charge in [-0.2, -0.15) is 0 Å². The summed E-state index contributed by atoms with van der Waals surface area (Å²) in [5.74, 6) is 2.49. The Labute approximate surface area is 162 Å². The normalized spacial score (nSPS) is 14.1. The van der Waals surface area contributed by atoms with Gasteiger partial charge < -0.3 is 15.4 Å². The van der Waals surface area contributed by atoms with Crippen molar-refractivity contribution in [2.24, 2.45) is 10.9 Å². The first-order valence-electron chi connectivity index (χ1n) is 9.80. The molecule has 0 aliphatic heterocycles. The number of ether oxygens (including phenoxy) is 1. The Bertz CT molecular complexity index is 784. The molecule has 0 unspecified atom stereocenters. The van der Waals surface area contributed by atoms with Gasteiger partial charge in [-0.1, -0.05) is 18.2 Å². The molecule has 1 aromatic carbocycles. The van der Waals surface area contributed by atoms with E-state index in [1.54, 1.807) is 0 Å². The Morgan fingerprint density at radius 3 is 2.81 bits per heavy atom. The smallest absolute Gasteiger partial charge is 0.191 e. The third kappa shape index (κ3) is 5.98. The molecule has 1 aliphatic rings. The van der Waals surface area contributed by atoms with Crippen molar-refractivity contribution in [1.82, 2.24) is 15.6 Å². The highest BCUT2D eigenvalue weighted by Gasteiger charge is 2.22. The van der Waals surface area contributed by atoms with Gasteiger partial charge in [-0.05, 0) is 62.8 Å². The summed E-state index contributed by atoms with van der Waals surface area (Å²) in [6.07, 6.45) is 4.41. The number of pyridine rings is 1. The zero-order valence-corrected chi connectivity index (χ0v) is 16.6. The topological polar surface area (TPSA) is 58.5 Å². The number of aromatic nitrogens is 1. The molecule has 0 atom stereocenters. The van der Waals surface area contributed by atoms with Crippen molar-refractivity contribution in [1.29, 1.82) is 0 Å². The summed E-state index contributed by atoms with van der Waals surface area (Å²) < 4.78 is 6.06. The average molecular weight is 367 g/mol. The van der Waals surface area contributed by atoms with E-state index < -0.39 is 0 Å². The molecular formula is C22H30N4O. The molecule has 27 heavy (non-hydrogen) atoms. The van der Waals surface area contributed by atoms with Crippen LogP contribution in [-0.4, -0.2) is 24.1 Å². The van der Waals surface area contributed by atoms with Crippen LogP contribution in [0, 0.1) is 19.8 Å². The highest BCUT2D eigenvalue weighted by Crippen LogP contribution is 2.30. The lowest BCUT2D eigenvalue weighted by molar-refractivity contribution is 0.296. The lowest BCUT2D eigenvalue weighted by Crippen LogP contribution is -2.37. The summed E-state index contributed by atoms with van der Waals surface area (Å²) in [6.45, 7) is 9.10. The monoisotopic (exact) mass is 366 g/mol. The van der Waals surface area contributed by atoms with E-state index in [9.17, 15) is 0 Å². The summed E-state index contributed by atoms with van der Waals surface area (Å²) in [4.78, 5) is 9.18. The summed E-state index contributed by atoms with van der Waals surface area (Å²) in [5.41, 5.74) is 4.54. The number of hydrogen-bond donors (Lipinski definition) is 2. The van der Waals surface area contributed by atoms with E-state index in [0.717, 1.165) is 42.0 Å². The van der Waals surface area contributed by atoms with E-state index in [1.165, 1.54) is 24.0 Å². The van der Waals surface area contributed by atoms with Crippen molar-refractivity contribution in [2.45, 2.75) is 46.7 Å². The molecule has 1 aliphatic carbocycles. The minimum atomic E-state index is 0.580. The molecule has 2 aromatic rings. The van der Waals surface area contributed by atoms with Gasteiger partial charge in [0.15, 0.2) is 5.96 Å². The van der Waals surface area contributed by atoms with E-state index in [2.05, 4.69) is 60.7 Å². The van der Waals surface area contributed by atoms with Crippen molar-refractivity contribution in [2.75, 3.05) is 13.2 Å². The van der Waals surface area contributed by atoms with Crippen LogP contribution in [0.5, 0.6) is 5.75 Å². The highest BCUT2D eigenvalue weighted by molar-refractivity contribution is 5.79. The second-order valence-corrected chi connectivity index (χ2v) is 7.18. The lowest BCUT2D eigenvalue weighted by atomic mass is 10.1. The summed E-state index contributed by atoms with van der Waals surface area (Å²) in [5, 5.41) is 6.68. The Morgan fingerprint density at radius 1 is 1.22 bits per heavy atom. The van der Waals surface area contributed by atoms with Gasteiger partial charge in [0.25, 0.3) is 0 Å². The maximum atomic E-state index is 6.06. The number of nitrogens with zero attached hydrogens (tertiary/aromatic N) is 2. The molecule has 1 saturated carbocycles. The molecule has 0 spiro atoms. The van der Waals surface area contributed by atoms with Gasteiger partial charge in [0, 0.05) is 18.3 Å². The quantitative estimate of drug-likeness (QED) is 0.552. The van der Waals surface area contributed by atoms with Crippen LogP contribution in [-0.2, 0) is 13.1 Å². The molecule has 0 amide bonds. The van der Waals surface area contributed by atoms with Crippen LogP contribution in [0.3, 0.4) is 0 Å². The van der Waals surface area contributed by atoms with Gasteiger partial charge in [0.05, 0.1) is 25.4 Å². The fraction of sp³-hybridized carbons (Fsp3) is 0.455. The molecule has 1 aromatic heterocycles.